The van der Waals surface area contributed by atoms with E-state index in [0.717, 1.165) is 43.6 Å². The van der Waals surface area contributed by atoms with Gasteiger partial charge >= 0.3 is 5.97 Å². The predicted octanol–water partition coefficient (Wildman–Crippen LogP) is 1.89. The zero-order valence-electron chi connectivity index (χ0n) is 15.1. The normalized spacial score (nSPS) is 17.7. The Hall–Kier alpha value is -2.35. The Labute approximate surface area is 152 Å². The van der Waals surface area contributed by atoms with Crippen LogP contribution in [0.15, 0.2) is 18.3 Å². The first-order valence-corrected chi connectivity index (χ1v) is 9.31. The maximum absolute atomic E-state index is 11.8. The molecule has 26 heavy (non-hydrogen) atoms. The number of aromatic nitrogens is 5. The van der Waals surface area contributed by atoms with Crippen LogP contribution in [0.5, 0.6) is 0 Å². The summed E-state index contributed by atoms with van der Waals surface area (Å²) in [4.78, 5) is 16.4. The number of pyridine rings is 1. The number of H-pyrrole nitrogens is 1. The van der Waals surface area contributed by atoms with Gasteiger partial charge in [-0.15, -0.1) is 5.10 Å². The molecule has 0 radical (unpaired) electrons. The summed E-state index contributed by atoms with van der Waals surface area (Å²) in [6, 6.07) is 4.14. The van der Waals surface area contributed by atoms with E-state index in [-0.39, 0.29) is 5.92 Å². The molecule has 1 aliphatic rings. The monoisotopic (exact) mass is 358 g/mol. The first-order chi connectivity index (χ1) is 12.7. The Morgan fingerprint density at radius 2 is 2.15 bits per heavy atom. The lowest BCUT2D eigenvalue weighted by Gasteiger charge is -2.23. The van der Waals surface area contributed by atoms with E-state index in [0.29, 0.717) is 24.6 Å². The van der Waals surface area contributed by atoms with Crippen LogP contribution < -0.4 is 5.32 Å². The molecule has 2 atom stereocenters. The zero-order valence-corrected chi connectivity index (χ0v) is 15.1. The first-order valence-electron chi connectivity index (χ1n) is 9.31. The molecular formula is C18H26N6O2. The number of hydrogen-bond donors (Lipinski definition) is 3. The molecule has 1 fully saturated rings. The third-order valence-electron chi connectivity index (χ3n) is 5.18. The van der Waals surface area contributed by atoms with Gasteiger partial charge in [0.2, 0.25) is 0 Å². The first kappa shape index (κ1) is 18.4. The van der Waals surface area contributed by atoms with Crippen molar-refractivity contribution in [3.8, 4) is 0 Å². The molecule has 3 rings (SSSR count). The third-order valence-corrected chi connectivity index (χ3v) is 5.18. The van der Waals surface area contributed by atoms with Crippen molar-refractivity contribution in [2.24, 2.45) is 5.92 Å². The van der Waals surface area contributed by atoms with Gasteiger partial charge in [0, 0.05) is 23.7 Å². The molecule has 0 saturated carbocycles. The molecular weight excluding hydrogens is 332 g/mol. The molecule has 0 aliphatic carbocycles. The van der Waals surface area contributed by atoms with Gasteiger partial charge in [0.15, 0.2) is 5.82 Å². The summed E-state index contributed by atoms with van der Waals surface area (Å²) >= 11 is 0. The number of nitrogens with one attached hydrogen (secondary N) is 2. The molecule has 3 N–H and O–H groups in total. The highest BCUT2D eigenvalue weighted by atomic mass is 16.4. The van der Waals surface area contributed by atoms with E-state index in [9.17, 15) is 9.90 Å². The van der Waals surface area contributed by atoms with Crippen molar-refractivity contribution in [3.63, 3.8) is 0 Å². The minimum absolute atomic E-state index is 0.297. The van der Waals surface area contributed by atoms with Crippen LogP contribution in [0.4, 0.5) is 0 Å². The highest BCUT2D eigenvalue weighted by Gasteiger charge is 2.31. The quantitative estimate of drug-likeness (QED) is 0.659. The molecule has 1 saturated heterocycles. The number of nitrogens with zero attached hydrogens (tertiary/aromatic N) is 4. The number of rotatable bonds is 8. The SMILES string of the molecule is CCC[C@H](C(=O)O)[C@H](Cc1ccc(C2CCNCC2)nc1)c1nnn[nH]1. The van der Waals surface area contributed by atoms with E-state index in [1.807, 2.05) is 13.1 Å². The summed E-state index contributed by atoms with van der Waals surface area (Å²) in [5.41, 5.74) is 2.13. The Morgan fingerprint density at radius 3 is 2.73 bits per heavy atom. The minimum Gasteiger partial charge on any atom is -0.481 e. The van der Waals surface area contributed by atoms with Crippen LogP contribution in [0, 0.1) is 5.92 Å². The fourth-order valence-corrected chi connectivity index (χ4v) is 3.73. The van der Waals surface area contributed by atoms with Crippen LogP contribution >= 0.6 is 0 Å². The molecule has 1 aliphatic heterocycles. The van der Waals surface area contributed by atoms with Crippen LogP contribution in [-0.2, 0) is 11.2 Å². The van der Waals surface area contributed by atoms with Gasteiger partial charge in [-0.2, -0.15) is 0 Å². The zero-order chi connectivity index (χ0) is 18.4. The second kappa shape index (κ2) is 8.84. The average molecular weight is 358 g/mol. The van der Waals surface area contributed by atoms with Gasteiger partial charge in [0.25, 0.3) is 0 Å². The van der Waals surface area contributed by atoms with Gasteiger partial charge in [-0.25, -0.2) is 5.10 Å². The molecule has 8 heteroatoms. The molecule has 0 aromatic carbocycles. The van der Waals surface area contributed by atoms with Crippen molar-refractivity contribution in [2.75, 3.05) is 13.1 Å². The highest BCUT2D eigenvalue weighted by molar-refractivity contribution is 5.71. The standard InChI is InChI=1S/C18H26N6O2/c1-2-3-14(18(25)26)15(17-21-23-24-22-17)10-12-4-5-16(20-11-12)13-6-8-19-9-7-13/h4-5,11,13-15,19H,2-3,6-10H2,1H3,(H,25,26)(H,21,22,23,24)/t14-,15-/m0/s1. The fourth-order valence-electron chi connectivity index (χ4n) is 3.73. The second-order valence-electron chi connectivity index (χ2n) is 6.95. The summed E-state index contributed by atoms with van der Waals surface area (Å²) in [6.07, 6.45) is 6.02. The topological polar surface area (TPSA) is 117 Å². The number of aromatic amines is 1. The van der Waals surface area contributed by atoms with E-state index < -0.39 is 11.9 Å². The number of hydrogen-bond acceptors (Lipinski definition) is 6. The van der Waals surface area contributed by atoms with Crippen LogP contribution in [0.2, 0.25) is 0 Å². The highest BCUT2D eigenvalue weighted by Crippen LogP contribution is 2.30. The molecule has 8 nitrogen and oxygen atoms in total. The third kappa shape index (κ3) is 4.43. The van der Waals surface area contributed by atoms with Crippen molar-refractivity contribution < 1.29 is 9.90 Å². The van der Waals surface area contributed by atoms with Crippen molar-refractivity contribution >= 4 is 5.97 Å². The van der Waals surface area contributed by atoms with Gasteiger partial charge < -0.3 is 10.4 Å². The van der Waals surface area contributed by atoms with Crippen molar-refractivity contribution in [3.05, 3.63) is 35.4 Å². The van der Waals surface area contributed by atoms with Gasteiger partial charge in [-0.05, 0) is 60.8 Å². The fraction of sp³-hybridized carbons (Fsp3) is 0.611. The Bertz CT molecular complexity index is 682. The number of tetrazole rings is 1. The van der Waals surface area contributed by atoms with E-state index >= 15 is 0 Å². The molecule has 0 spiro atoms. The summed E-state index contributed by atoms with van der Waals surface area (Å²) < 4.78 is 0. The lowest BCUT2D eigenvalue weighted by Crippen LogP contribution is -2.27. The summed E-state index contributed by atoms with van der Waals surface area (Å²) in [7, 11) is 0. The smallest absolute Gasteiger partial charge is 0.307 e. The lowest BCUT2D eigenvalue weighted by molar-refractivity contribution is -0.142. The Kier molecular flexibility index (Phi) is 6.27. The van der Waals surface area contributed by atoms with Gasteiger partial charge in [0.05, 0.1) is 5.92 Å². The van der Waals surface area contributed by atoms with Crippen LogP contribution in [0.25, 0.3) is 0 Å². The van der Waals surface area contributed by atoms with E-state index in [4.69, 9.17) is 0 Å². The number of carboxylic acids is 1. The number of piperidine rings is 1. The van der Waals surface area contributed by atoms with Crippen molar-refractivity contribution in [1.82, 2.24) is 30.9 Å². The molecule has 0 amide bonds. The molecule has 140 valence electrons. The number of carboxylic acid groups (broad SMARTS) is 1. The largest absolute Gasteiger partial charge is 0.481 e. The molecule has 3 heterocycles. The summed E-state index contributed by atoms with van der Waals surface area (Å²) in [5, 5.41) is 27.0. The Morgan fingerprint density at radius 1 is 1.35 bits per heavy atom. The van der Waals surface area contributed by atoms with Gasteiger partial charge in [-0.3, -0.25) is 9.78 Å². The average Bonchev–Trinajstić information content (AvgIpc) is 3.20. The molecule has 2 aromatic rings. The van der Waals surface area contributed by atoms with Crippen molar-refractivity contribution in [2.45, 2.75) is 50.9 Å². The van der Waals surface area contributed by atoms with Gasteiger partial charge in [-0.1, -0.05) is 19.4 Å². The van der Waals surface area contributed by atoms with Crippen molar-refractivity contribution in [1.29, 1.82) is 0 Å². The molecule has 0 unspecified atom stereocenters. The van der Waals surface area contributed by atoms with Gasteiger partial charge in [0.1, 0.15) is 0 Å². The van der Waals surface area contributed by atoms with E-state index in [1.54, 1.807) is 0 Å². The maximum atomic E-state index is 11.8. The van der Waals surface area contributed by atoms with Crippen LogP contribution in [0.1, 0.15) is 61.5 Å². The summed E-state index contributed by atoms with van der Waals surface area (Å²) in [5.74, 6) is -0.611. The second-order valence-corrected chi connectivity index (χ2v) is 6.95. The van der Waals surface area contributed by atoms with Crippen LogP contribution in [0.3, 0.4) is 0 Å². The predicted molar refractivity (Wildman–Crippen MR) is 95.7 cm³/mol. The van der Waals surface area contributed by atoms with Crippen LogP contribution in [-0.4, -0.2) is 49.8 Å². The lowest BCUT2D eigenvalue weighted by atomic mass is 9.83. The Balaban J connectivity index is 1.77. The van der Waals surface area contributed by atoms with E-state index in [2.05, 4.69) is 43.1 Å². The molecule has 0 bridgehead atoms. The minimum atomic E-state index is -0.812. The van der Waals surface area contributed by atoms with E-state index in [1.165, 1.54) is 0 Å². The molecule has 2 aromatic heterocycles. The maximum Gasteiger partial charge on any atom is 0.307 e. The number of carbonyl (C=O) groups is 1. The summed E-state index contributed by atoms with van der Waals surface area (Å²) in [6.45, 7) is 4.05. The number of aliphatic carboxylic acids is 1.